The molecule has 12 heteroatoms. The van der Waals surface area contributed by atoms with Gasteiger partial charge in [-0.25, -0.2) is 0 Å². The van der Waals surface area contributed by atoms with Crippen molar-refractivity contribution >= 4 is 33.0 Å². The molecule has 0 aromatic rings. The zero-order chi connectivity index (χ0) is 9.00. The van der Waals surface area contributed by atoms with Crippen molar-refractivity contribution in [3.63, 3.8) is 0 Å². The van der Waals surface area contributed by atoms with Crippen molar-refractivity contribution in [1.82, 2.24) is 0 Å². The predicted molar refractivity (Wildman–Crippen MR) is 25.4 cm³/mol. The molecule has 12 heavy (non-hydrogen) atoms. The van der Waals surface area contributed by atoms with E-state index < -0.39 is 15.6 Å². The Morgan fingerprint density at radius 1 is 0.917 bits per heavy atom. The zero-order valence-corrected chi connectivity index (χ0v) is 8.76. The molecule has 64 valence electrons. The maximum atomic E-state index is 8.77. The molecule has 0 saturated heterocycles. The van der Waals surface area contributed by atoms with Crippen molar-refractivity contribution in [2.24, 2.45) is 0 Å². The van der Waals surface area contributed by atoms with Crippen LogP contribution in [0.2, 0.25) is 0 Å². The molecule has 0 fully saturated rings. The van der Waals surface area contributed by atoms with E-state index in [0.717, 1.165) is 0 Å². The van der Waals surface area contributed by atoms with Crippen LogP contribution in [0.1, 0.15) is 0 Å². The first-order valence-electron chi connectivity index (χ1n) is 1.50. The minimum atomic E-state index is -5.39. The van der Waals surface area contributed by atoms with Gasteiger partial charge in [0.2, 0.25) is 0 Å². The Morgan fingerprint density at radius 2 is 0.917 bits per heavy atom. The van der Waals surface area contributed by atoms with Crippen molar-refractivity contribution in [3.05, 3.63) is 0 Å². The molecule has 0 unspecified atom stereocenters. The second kappa shape index (κ2) is 8.93. The topological polar surface area (TPSA) is 167 Å². The monoisotopic (exact) mass is 226 g/mol. The fraction of sp³-hybridized carbons (Fsp3) is 0. The SMILES string of the molecule is O=P([O-])(O)O.O=P([O-])([O-])[O-].[Al+3].[Li+]. The van der Waals surface area contributed by atoms with Crippen LogP contribution in [0.15, 0.2) is 0 Å². The average Bonchev–Trinajstić information content (AvgIpc) is 1.12. The van der Waals surface area contributed by atoms with Gasteiger partial charge in [-0.1, -0.05) is 0 Å². The summed E-state index contributed by atoms with van der Waals surface area (Å²) in [7, 11) is -10.3. The molecule has 2 N–H and O–H groups in total. The summed E-state index contributed by atoms with van der Waals surface area (Å²) >= 11 is 0. The average molecular weight is 226 g/mol. The Morgan fingerprint density at radius 3 is 0.917 bits per heavy atom. The summed E-state index contributed by atoms with van der Waals surface area (Å²) in [5, 5.41) is 0. The fourth-order valence-corrected chi connectivity index (χ4v) is 0. The molecule has 0 heterocycles. The molecule has 0 radical (unpaired) electrons. The summed E-state index contributed by atoms with van der Waals surface area (Å²) < 4.78 is 17.3. The van der Waals surface area contributed by atoms with Crippen molar-refractivity contribution in [3.8, 4) is 0 Å². The first kappa shape index (κ1) is 23.3. The zero-order valence-electron chi connectivity index (χ0n) is 5.82. The van der Waals surface area contributed by atoms with Crippen LogP contribution >= 0.6 is 15.6 Å². The van der Waals surface area contributed by atoms with E-state index in [-0.39, 0.29) is 36.2 Å². The third-order valence-electron chi connectivity index (χ3n) is 0. The van der Waals surface area contributed by atoms with Crippen molar-refractivity contribution in [1.29, 1.82) is 0 Å². The summed E-state index contributed by atoms with van der Waals surface area (Å²) in [4.78, 5) is 48.6. The Balaban J connectivity index is -0.0000000457. The molecule has 0 amide bonds. The summed E-state index contributed by atoms with van der Waals surface area (Å²) in [6, 6.07) is 0. The molecule has 0 aliphatic heterocycles. The maximum absolute atomic E-state index is 8.77. The summed E-state index contributed by atoms with van der Waals surface area (Å²) in [6.45, 7) is 0. The van der Waals surface area contributed by atoms with E-state index in [9.17, 15) is 0 Å². The first-order chi connectivity index (χ1) is 4.00. The van der Waals surface area contributed by atoms with Crippen LogP contribution in [0.5, 0.6) is 0 Å². The van der Waals surface area contributed by atoms with Gasteiger partial charge >= 0.3 is 36.2 Å². The van der Waals surface area contributed by atoms with Gasteiger partial charge in [0.1, 0.15) is 0 Å². The van der Waals surface area contributed by atoms with Gasteiger partial charge in [-0.05, 0) is 0 Å². The smallest absolute Gasteiger partial charge is 0.822 e. The third kappa shape index (κ3) is 667. The van der Waals surface area contributed by atoms with E-state index in [4.69, 9.17) is 38.5 Å². The Labute approximate surface area is 90.4 Å². The molecule has 0 saturated carbocycles. The Bertz CT molecular complexity index is 129. The number of phosphoric acid groups is 2. The first-order valence-corrected chi connectivity index (χ1v) is 4.49. The second-order valence-corrected chi connectivity index (χ2v) is 2.81. The molecule has 0 bridgehead atoms. The number of rotatable bonds is 0. The van der Waals surface area contributed by atoms with Gasteiger partial charge in [0, 0.05) is 0 Å². The molecule has 0 aromatic heterocycles. The van der Waals surface area contributed by atoms with E-state index in [2.05, 4.69) is 0 Å². The quantitative estimate of drug-likeness (QED) is 0.303. The molecule has 0 aromatic carbocycles. The van der Waals surface area contributed by atoms with E-state index in [1.165, 1.54) is 0 Å². The summed E-state index contributed by atoms with van der Waals surface area (Å²) in [5.74, 6) is 0. The van der Waals surface area contributed by atoms with Gasteiger partial charge in [-0.3, -0.25) is 4.57 Å². The van der Waals surface area contributed by atoms with Crippen LogP contribution in [0.4, 0.5) is 0 Å². The van der Waals surface area contributed by atoms with Gasteiger partial charge in [-0.2, -0.15) is 7.82 Å². The minimum Gasteiger partial charge on any atom is -0.822 e. The molecule has 0 rings (SSSR count). The molecule has 0 atom stereocenters. The van der Waals surface area contributed by atoms with Crippen molar-refractivity contribution < 1.29 is 57.4 Å². The van der Waals surface area contributed by atoms with E-state index in [0.29, 0.717) is 0 Å². The van der Waals surface area contributed by atoms with Gasteiger partial charge in [0.25, 0.3) is 7.82 Å². The normalized spacial score (nSPS) is 9.83. The van der Waals surface area contributed by atoms with Gasteiger partial charge in [0.05, 0.1) is 0 Å². The van der Waals surface area contributed by atoms with Crippen LogP contribution in [0, 0.1) is 0 Å². The van der Waals surface area contributed by atoms with E-state index >= 15 is 0 Å². The number of hydrogen-bond acceptors (Lipinski definition) is 6. The molecule has 0 aliphatic carbocycles. The van der Waals surface area contributed by atoms with Crippen molar-refractivity contribution in [2.75, 3.05) is 0 Å². The van der Waals surface area contributed by atoms with Crippen LogP contribution in [-0.4, -0.2) is 27.1 Å². The van der Waals surface area contributed by atoms with Gasteiger partial charge < -0.3 is 33.9 Å². The van der Waals surface area contributed by atoms with E-state index in [1.807, 2.05) is 0 Å². The molecule has 0 spiro atoms. The second-order valence-electron chi connectivity index (χ2n) is 0.938. The Kier molecular flexibility index (Phi) is 17.3. The molecule has 0 aliphatic rings. The molecular weight excluding hydrogens is 224 g/mol. The summed E-state index contributed by atoms with van der Waals surface area (Å²) in [6.07, 6.45) is 0. The van der Waals surface area contributed by atoms with Gasteiger partial charge in [-0.15, -0.1) is 0 Å². The van der Waals surface area contributed by atoms with Crippen LogP contribution in [-0.2, 0) is 9.13 Å². The molecular formula is H2AlLiO8P2. The van der Waals surface area contributed by atoms with Crippen LogP contribution in [0.3, 0.4) is 0 Å². The van der Waals surface area contributed by atoms with Crippen LogP contribution in [0.25, 0.3) is 0 Å². The summed E-state index contributed by atoms with van der Waals surface area (Å²) in [5.41, 5.74) is 0. The van der Waals surface area contributed by atoms with E-state index in [1.54, 1.807) is 0 Å². The number of hydrogen-bond donors (Lipinski definition) is 2. The van der Waals surface area contributed by atoms with Gasteiger partial charge in [0.15, 0.2) is 0 Å². The van der Waals surface area contributed by atoms with Crippen molar-refractivity contribution in [2.45, 2.75) is 0 Å². The predicted octanol–water partition coefficient (Wildman–Crippen LogP) is -7.76. The Hall–Kier alpha value is 1.35. The maximum Gasteiger partial charge on any atom is 3.00 e. The third-order valence-corrected chi connectivity index (χ3v) is 0. The fourth-order valence-electron chi connectivity index (χ4n) is 0. The standard InChI is InChI=1S/Al.Li.2H3O4P/c;;2*1-5(2,3)4/h;;2*(H3,1,2,3,4)/q+3;+1;;/p-4. The van der Waals surface area contributed by atoms with Crippen LogP contribution < -0.4 is 38.4 Å². The minimum absolute atomic E-state index is 0. The largest absolute Gasteiger partial charge is 3.00 e. The molecule has 8 nitrogen and oxygen atoms in total.